The zero-order valence-corrected chi connectivity index (χ0v) is 15.0. The van der Waals surface area contributed by atoms with Gasteiger partial charge in [-0.05, 0) is 42.8 Å². The van der Waals surface area contributed by atoms with Crippen LogP contribution in [0.1, 0.15) is 30.0 Å². The predicted molar refractivity (Wildman–Crippen MR) is 97.1 cm³/mol. The summed E-state index contributed by atoms with van der Waals surface area (Å²) in [7, 11) is 1.68. The Morgan fingerprint density at radius 3 is 2.88 bits per heavy atom. The van der Waals surface area contributed by atoms with E-state index in [-0.39, 0.29) is 0 Å². The van der Waals surface area contributed by atoms with E-state index in [4.69, 9.17) is 4.74 Å². The Morgan fingerprint density at radius 1 is 1.27 bits per heavy atom. The van der Waals surface area contributed by atoms with Crippen LogP contribution >= 0.6 is 0 Å². The molecule has 7 heteroatoms. The van der Waals surface area contributed by atoms with Crippen molar-refractivity contribution < 1.29 is 9.84 Å². The molecule has 0 unspecified atom stereocenters. The van der Waals surface area contributed by atoms with Gasteiger partial charge in [0.05, 0.1) is 36.8 Å². The summed E-state index contributed by atoms with van der Waals surface area (Å²) < 4.78 is 9.29. The van der Waals surface area contributed by atoms with Crippen molar-refractivity contribution in [2.45, 2.75) is 32.7 Å². The normalized spacial score (nSPS) is 15.7. The van der Waals surface area contributed by atoms with Gasteiger partial charge in [0, 0.05) is 32.0 Å². The van der Waals surface area contributed by atoms with Gasteiger partial charge >= 0.3 is 0 Å². The van der Waals surface area contributed by atoms with Gasteiger partial charge in [-0.3, -0.25) is 9.58 Å². The van der Waals surface area contributed by atoms with Gasteiger partial charge in [-0.15, -0.1) is 0 Å². The second-order valence-electron chi connectivity index (χ2n) is 6.62. The van der Waals surface area contributed by atoms with Crippen molar-refractivity contribution in [1.29, 1.82) is 0 Å². The molecule has 0 saturated heterocycles. The van der Waals surface area contributed by atoms with Crippen LogP contribution in [-0.2, 0) is 19.6 Å². The van der Waals surface area contributed by atoms with Gasteiger partial charge in [0.15, 0.2) is 0 Å². The maximum Gasteiger partial charge on any atom is 0.119 e. The van der Waals surface area contributed by atoms with Crippen molar-refractivity contribution in [2.24, 2.45) is 0 Å². The Labute approximate surface area is 152 Å². The van der Waals surface area contributed by atoms with E-state index in [9.17, 15) is 5.11 Å². The lowest BCUT2D eigenvalue weighted by molar-refractivity contribution is 0.189. The lowest BCUT2D eigenvalue weighted by atomic mass is 10.1. The molecule has 0 aliphatic carbocycles. The largest absolute Gasteiger partial charge is 0.497 e. The quantitative estimate of drug-likeness (QED) is 0.761. The summed E-state index contributed by atoms with van der Waals surface area (Å²) in [6.45, 7) is 5.07. The molecule has 0 amide bonds. The first-order valence-corrected chi connectivity index (χ1v) is 8.78. The van der Waals surface area contributed by atoms with E-state index in [1.807, 2.05) is 39.8 Å². The van der Waals surface area contributed by atoms with Crippen LogP contribution in [0.3, 0.4) is 0 Å². The van der Waals surface area contributed by atoms with Crippen molar-refractivity contribution in [1.82, 2.24) is 24.5 Å². The fourth-order valence-corrected chi connectivity index (χ4v) is 3.37. The molecule has 2 aromatic heterocycles. The van der Waals surface area contributed by atoms with Crippen LogP contribution in [0.2, 0.25) is 0 Å². The molecule has 1 N–H and O–H groups in total. The van der Waals surface area contributed by atoms with Gasteiger partial charge in [-0.1, -0.05) is 0 Å². The second-order valence-corrected chi connectivity index (χ2v) is 6.62. The van der Waals surface area contributed by atoms with Crippen LogP contribution in [0.15, 0.2) is 42.7 Å². The van der Waals surface area contributed by atoms with Gasteiger partial charge in [-0.25, -0.2) is 4.68 Å². The van der Waals surface area contributed by atoms with Crippen molar-refractivity contribution in [3.05, 3.63) is 59.7 Å². The standard InChI is InChI=1S/C19H23N5O2/c1-14(25)18-11-16-13-22(8-9-23(16)21-18)12-15-10-17(26-2)4-5-19(15)24-7-3-6-20-24/h3-7,10-11,14,25H,8-9,12-13H2,1-2H3/t14-/m1/s1. The number of ether oxygens (including phenoxy) is 1. The second kappa shape index (κ2) is 6.93. The van der Waals surface area contributed by atoms with E-state index in [1.165, 1.54) is 0 Å². The maximum atomic E-state index is 9.76. The maximum absolute atomic E-state index is 9.76. The van der Waals surface area contributed by atoms with Gasteiger partial charge in [0.25, 0.3) is 0 Å². The average molecular weight is 353 g/mol. The van der Waals surface area contributed by atoms with E-state index >= 15 is 0 Å². The van der Waals surface area contributed by atoms with Gasteiger partial charge < -0.3 is 9.84 Å². The number of hydrogen-bond donors (Lipinski definition) is 1. The highest BCUT2D eigenvalue weighted by Crippen LogP contribution is 2.25. The van der Waals surface area contributed by atoms with Crippen LogP contribution in [0.4, 0.5) is 0 Å². The summed E-state index contributed by atoms with van der Waals surface area (Å²) >= 11 is 0. The molecule has 0 bridgehead atoms. The minimum atomic E-state index is -0.536. The summed E-state index contributed by atoms with van der Waals surface area (Å²) in [6.07, 6.45) is 3.20. The van der Waals surface area contributed by atoms with Crippen LogP contribution in [-0.4, -0.2) is 43.2 Å². The fraction of sp³-hybridized carbons (Fsp3) is 0.368. The summed E-state index contributed by atoms with van der Waals surface area (Å²) in [6, 6.07) is 9.99. The number of hydrogen-bond acceptors (Lipinski definition) is 5. The Kier molecular flexibility index (Phi) is 4.48. The van der Waals surface area contributed by atoms with E-state index in [0.717, 1.165) is 54.6 Å². The molecular formula is C19H23N5O2. The lowest BCUT2D eigenvalue weighted by Gasteiger charge is -2.28. The Morgan fingerprint density at radius 2 is 2.15 bits per heavy atom. The van der Waals surface area contributed by atoms with E-state index < -0.39 is 6.10 Å². The third-order valence-electron chi connectivity index (χ3n) is 4.76. The number of rotatable bonds is 5. The summed E-state index contributed by atoms with van der Waals surface area (Å²) in [5.41, 5.74) is 4.09. The summed E-state index contributed by atoms with van der Waals surface area (Å²) in [5.74, 6) is 0.842. The summed E-state index contributed by atoms with van der Waals surface area (Å²) in [5, 5.41) is 18.6. The van der Waals surface area contributed by atoms with Crippen molar-refractivity contribution in [3.8, 4) is 11.4 Å². The minimum absolute atomic E-state index is 0.536. The first-order valence-electron chi connectivity index (χ1n) is 8.78. The topological polar surface area (TPSA) is 68.3 Å². The Bertz CT molecular complexity index is 885. The first-order chi connectivity index (χ1) is 12.6. The van der Waals surface area contributed by atoms with Gasteiger partial charge in [-0.2, -0.15) is 10.2 Å². The lowest BCUT2D eigenvalue weighted by Crippen LogP contribution is -2.33. The molecule has 0 spiro atoms. The molecule has 1 atom stereocenters. The highest BCUT2D eigenvalue weighted by molar-refractivity contribution is 5.45. The fourth-order valence-electron chi connectivity index (χ4n) is 3.37. The van der Waals surface area contributed by atoms with E-state index in [0.29, 0.717) is 0 Å². The molecular weight excluding hydrogens is 330 g/mol. The number of nitrogens with zero attached hydrogens (tertiary/aromatic N) is 5. The van der Waals surface area contributed by atoms with Crippen molar-refractivity contribution >= 4 is 0 Å². The number of aliphatic hydroxyl groups excluding tert-OH is 1. The number of aliphatic hydroxyl groups is 1. The predicted octanol–water partition coefficient (Wildman–Crippen LogP) is 2.15. The molecule has 0 fully saturated rings. The van der Waals surface area contributed by atoms with Crippen LogP contribution in [0.5, 0.6) is 5.75 Å². The zero-order valence-electron chi connectivity index (χ0n) is 15.0. The SMILES string of the molecule is COc1ccc(-n2cccn2)c(CN2CCn3nc([C@@H](C)O)cc3C2)c1. The molecule has 3 aromatic rings. The van der Waals surface area contributed by atoms with Crippen LogP contribution < -0.4 is 4.74 Å². The van der Waals surface area contributed by atoms with Crippen LogP contribution in [0, 0.1) is 0 Å². The third-order valence-corrected chi connectivity index (χ3v) is 4.76. The molecule has 0 radical (unpaired) electrons. The Balaban J connectivity index is 1.59. The highest BCUT2D eigenvalue weighted by Gasteiger charge is 2.21. The molecule has 0 saturated carbocycles. The van der Waals surface area contributed by atoms with Crippen LogP contribution in [0.25, 0.3) is 5.69 Å². The van der Waals surface area contributed by atoms with Crippen molar-refractivity contribution in [2.75, 3.05) is 13.7 Å². The van der Waals surface area contributed by atoms with E-state index in [2.05, 4.69) is 21.2 Å². The average Bonchev–Trinajstić information content (AvgIpc) is 3.31. The number of fused-ring (bicyclic) bond motifs is 1. The monoisotopic (exact) mass is 353 g/mol. The number of methoxy groups -OCH3 is 1. The van der Waals surface area contributed by atoms with Gasteiger partial charge in [0.1, 0.15) is 5.75 Å². The minimum Gasteiger partial charge on any atom is -0.497 e. The number of benzene rings is 1. The molecule has 1 aliphatic rings. The highest BCUT2D eigenvalue weighted by atomic mass is 16.5. The number of aromatic nitrogens is 4. The molecule has 3 heterocycles. The van der Waals surface area contributed by atoms with Gasteiger partial charge in [0.2, 0.25) is 0 Å². The zero-order chi connectivity index (χ0) is 18.1. The third kappa shape index (κ3) is 3.23. The molecule has 26 heavy (non-hydrogen) atoms. The molecule has 4 rings (SSSR count). The molecule has 7 nitrogen and oxygen atoms in total. The smallest absolute Gasteiger partial charge is 0.119 e. The molecule has 1 aliphatic heterocycles. The summed E-state index contributed by atoms with van der Waals surface area (Å²) in [4.78, 5) is 2.38. The molecule has 136 valence electrons. The Hall–Kier alpha value is -2.64. The van der Waals surface area contributed by atoms with Crippen molar-refractivity contribution in [3.63, 3.8) is 0 Å². The first kappa shape index (κ1) is 16.8. The molecule has 1 aromatic carbocycles. The van der Waals surface area contributed by atoms with E-state index in [1.54, 1.807) is 20.2 Å².